The molecule has 4 rings (SSSR count). The first-order valence-corrected chi connectivity index (χ1v) is 6.95. The minimum Gasteiger partial charge on any atom is -0.369 e. The third-order valence-corrected chi connectivity index (χ3v) is 4.62. The highest BCUT2D eigenvalue weighted by atomic mass is 15.0. The molecular formula is C16H18N2. The highest BCUT2D eigenvalue weighted by molar-refractivity contribution is 5.91. The summed E-state index contributed by atoms with van der Waals surface area (Å²) < 4.78 is 0. The van der Waals surface area contributed by atoms with Crippen LogP contribution in [0.2, 0.25) is 0 Å². The van der Waals surface area contributed by atoms with Crippen molar-refractivity contribution in [2.75, 3.05) is 11.9 Å². The summed E-state index contributed by atoms with van der Waals surface area (Å²) in [5.74, 6) is 2.06. The number of nitrogens with zero attached hydrogens (tertiary/aromatic N) is 1. The molecule has 92 valence electrons. The Morgan fingerprint density at radius 2 is 2.00 bits per heavy atom. The van der Waals surface area contributed by atoms with Crippen LogP contribution in [0, 0.1) is 11.3 Å². The van der Waals surface area contributed by atoms with Gasteiger partial charge < -0.3 is 5.32 Å². The number of anilines is 1. The lowest BCUT2D eigenvalue weighted by molar-refractivity contribution is 0.466. The van der Waals surface area contributed by atoms with Gasteiger partial charge in [0.2, 0.25) is 0 Å². The molecule has 2 aliphatic rings. The van der Waals surface area contributed by atoms with Gasteiger partial charge >= 0.3 is 0 Å². The van der Waals surface area contributed by atoms with Gasteiger partial charge in [-0.15, -0.1) is 0 Å². The normalized spacial score (nSPS) is 20.9. The molecule has 0 spiro atoms. The molecule has 0 aliphatic heterocycles. The second-order valence-electron chi connectivity index (χ2n) is 5.87. The summed E-state index contributed by atoms with van der Waals surface area (Å²) in [4.78, 5) is 4.51. The van der Waals surface area contributed by atoms with E-state index in [0.717, 1.165) is 18.3 Å². The van der Waals surface area contributed by atoms with Crippen LogP contribution < -0.4 is 5.32 Å². The van der Waals surface area contributed by atoms with Crippen LogP contribution in [-0.2, 0) is 0 Å². The second-order valence-corrected chi connectivity index (χ2v) is 5.87. The van der Waals surface area contributed by atoms with Gasteiger partial charge in [0.15, 0.2) is 0 Å². The van der Waals surface area contributed by atoms with Gasteiger partial charge in [-0.25, -0.2) is 4.98 Å². The van der Waals surface area contributed by atoms with E-state index in [1.165, 1.54) is 36.5 Å². The largest absolute Gasteiger partial charge is 0.369 e. The van der Waals surface area contributed by atoms with E-state index < -0.39 is 0 Å². The van der Waals surface area contributed by atoms with Crippen molar-refractivity contribution >= 4 is 16.6 Å². The molecule has 0 radical (unpaired) electrons. The van der Waals surface area contributed by atoms with E-state index >= 15 is 0 Å². The van der Waals surface area contributed by atoms with Crippen LogP contribution in [0.25, 0.3) is 10.8 Å². The third-order valence-electron chi connectivity index (χ3n) is 4.62. The van der Waals surface area contributed by atoms with E-state index in [0.29, 0.717) is 5.41 Å². The Balaban J connectivity index is 1.59. The van der Waals surface area contributed by atoms with Crippen LogP contribution >= 0.6 is 0 Å². The van der Waals surface area contributed by atoms with Crippen LogP contribution in [-0.4, -0.2) is 11.5 Å². The Kier molecular flexibility index (Phi) is 2.14. The van der Waals surface area contributed by atoms with Gasteiger partial charge in [-0.05, 0) is 48.5 Å². The maximum atomic E-state index is 4.51. The highest BCUT2D eigenvalue weighted by Crippen LogP contribution is 2.61. The van der Waals surface area contributed by atoms with Crippen molar-refractivity contribution in [3.63, 3.8) is 0 Å². The van der Waals surface area contributed by atoms with Crippen molar-refractivity contribution in [2.24, 2.45) is 11.3 Å². The molecule has 2 heteroatoms. The third kappa shape index (κ3) is 1.67. The fourth-order valence-electron chi connectivity index (χ4n) is 3.11. The van der Waals surface area contributed by atoms with Gasteiger partial charge in [-0.3, -0.25) is 0 Å². The smallest absolute Gasteiger partial charge is 0.133 e. The number of hydrogen-bond donors (Lipinski definition) is 1. The van der Waals surface area contributed by atoms with Crippen LogP contribution in [0.1, 0.15) is 25.7 Å². The number of fused-ring (bicyclic) bond motifs is 1. The van der Waals surface area contributed by atoms with E-state index in [1.807, 2.05) is 6.20 Å². The molecule has 18 heavy (non-hydrogen) atoms. The number of hydrogen-bond acceptors (Lipinski definition) is 2. The minimum atomic E-state index is 0.624. The standard InChI is InChI=1S/C16H18N2/c1-2-4-14-12(3-1)7-10-17-15(14)18-11-16(8-9-16)13-5-6-13/h1-4,7,10,13H,5-6,8-9,11H2,(H,17,18). The lowest BCUT2D eigenvalue weighted by Crippen LogP contribution is -2.18. The summed E-state index contributed by atoms with van der Waals surface area (Å²) in [6.07, 6.45) is 7.63. The molecule has 1 aromatic carbocycles. The molecule has 2 saturated carbocycles. The Hall–Kier alpha value is -1.57. The molecule has 0 amide bonds. The molecule has 1 N–H and O–H groups in total. The molecule has 0 atom stereocenters. The summed E-state index contributed by atoms with van der Waals surface area (Å²) >= 11 is 0. The van der Waals surface area contributed by atoms with Crippen molar-refractivity contribution in [1.82, 2.24) is 4.98 Å². The molecule has 2 aliphatic carbocycles. The summed E-state index contributed by atoms with van der Waals surface area (Å²) in [6.45, 7) is 1.11. The first-order valence-electron chi connectivity index (χ1n) is 6.95. The van der Waals surface area contributed by atoms with Gasteiger partial charge in [-0.2, -0.15) is 0 Å². The van der Waals surface area contributed by atoms with Crippen LogP contribution in [0.15, 0.2) is 36.5 Å². The average Bonchev–Trinajstić information content (AvgIpc) is 3.28. The molecule has 0 bridgehead atoms. The van der Waals surface area contributed by atoms with Gasteiger partial charge in [0.25, 0.3) is 0 Å². The van der Waals surface area contributed by atoms with E-state index in [9.17, 15) is 0 Å². The van der Waals surface area contributed by atoms with E-state index in [1.54, 1.807) is 0 Å². The molecule has 1 heterocycles. The molecule has 2 fully saturated rings. The Morgan fingerprint density at radius 3 is 2.78 bits per heavy atom. The molecule has 0 unspecified atom stereocenters. The number of rotatable bonds is 4. The molecule has 1 aromatic heterocycles. The van der Waals surface area contributed by atoms with Crippen molar-refractivity contribution in [3.05, 3.63) is 36.5 Å². The number of benzene rings is 1. The summed E-state index contributed by atoms with van der Waals surface area (Å²) in [5, 5.41) is 6.11. The first kappa shape index (κ1) is 10.4. The first-order chi connectivity index (χ1) is 8.87. The SMILES string of the molecule is c1ccc2c(NCC3(C4CC4)CC3)nccc2c1. The number of pyridine rings is 1. The van der Waals surface area contributed by atoms with Crippen molar-refractivity contribution in [2.45, 2.75) is 25.7 Å². The zero-order valence-corrected chi connectivity index (χ0v) is 10.5. The van der Waals surface area contributed by atoms with Gasteiger partial charge in [0, 0.05) is 18.1 Å². The molecule has 2 nitrogen and oxygen atoms in total. The highest BCUT2D eigenvalue weighted by Gasteiger charge is 2.53. The fraction of sp³-hybridized carbons (Fsp3) is 0.438. The lowest BCUT2D eigenvalue weighted by atomic mass is 10.0. The van der Waals surface area contributed by atoms with Gasteiger partial charge in [0.05, 0.1) is 0 Å². The Morgan fingerprint density at radius 1 is 1.17 bits per heavy atom. The maximum absolute atomic E-state index is 4.51. The summed E-state index contributed by atoms with van der Waals surface area (Å²) in [6, 6.07) is 10.5. The molecular weight excluding hydrogens is 220 g/mol. The monoisotopic (exact) mass is 238 g/mol. The molecule has 2 aromatic rings. The lowest BCUT2D eigenvalue weighted by Gasteiger charge is -2.16. The van der Waals surface area contributed by atoms with Crippen molar-refractivity contribution in [3.8, 4) is 0 Å². The minimum absolute atomic E-state index is 0.624. The van der Waals surface area contributed by atoms with Crippen LogP contribution in [0.3, 0.4) is 0 Å². The zero-order valence-electron chi connectivity index (χ0n) is 10.5. The number of nitrogens with one attached hydrogen (secondary N) is 1. The maximum Gasteiger partial charge on any atom is 0.133 e. The predicted molar refractivity (Wildman–Crippen MR) is 74.6 cm³/mol. The Labute approximate surface area is 107 Å². The fourth-order valence-corrected chi connectivity index (χ4v) is 3.11. The average molecular weight is 238 g/mol. The van der Waals surface area contributed by atoms with E-state index in [4.69, 9.17) is 0 Å². The van der Waals surface area contributed by atoms with E-state index in [2.05, 4.69) is 40.6 Å². The van der Waals surface area contributed by atoms with Gasteiger partial charge in [-0.1, -0.05) is 24.3 Å². The predicted octanol–water partition coefficient (Wildman–Crippen LogP) is 3.84. The zero-order chi connectivity index (χ0) is 12.0. The summed E-state index contributed by atoms with van der Waals surface area (Å²) in [7, 11) is 0. The number of aromatic nitrogens is 1. The quantitative estimate of drug-likeness (QED) is 0.875. The van der Waals surface area contributed by atoms with Crippen LogP contribution in [0.5, 0.6) is 0 Å². The van der Waals surface area contributed by atoms with Gasteiger partial charge in [0.1, 0.15) is 5.82 Å². The van der Waals surface area contributed by atoms with E-state index in [-0.39, 0.29) is 0 Å². The van der Waals surface area contributed by atoms with Crippen molar-refractivity contribution in [1.29, 1.82) is 0 Å². The van der Waals surface area contributed by atoms with Crippen LogP contribution in [0.4, 0.5) is 5.82 Å². The Bertz CT molecular complexity index is 577. The van der Waals surface area contributed by atoms with Crippen molar-refractivity contribution < 1.29 is 0 Å². The molecule has 0 saturated heterocycles. The summed E-state index contributed by atoms with van der Waals surface area (Å²) in [5.41, 5.74) is 0.624. The second kappa shape index (κ2) is 3.71. The topological polar surface area (TPSA) is 24.9 Å².